The maximum absolute atomic E-state index is 12.5. The van der Waals surface area contributed by atoms with E-state index in [2.05, 4.69) is 43.5 Å². The molecule has 1 amide bonds. The number of nitrogens with one attached hydrogen (secondary N) is 1. The molecule has 0 rings (SSSR count). The molecule has 0 heterocycles. The monoisotopic (exact) mass is 1210 g/mol. The van der Waals surface area contributed by atoms with Crippen LogP contribution in [0.25, 0.3) is 0 Å². The van der Waals surface area contributed by atoms with Crippen molar-refractivity contribution in [3.63, 3.8) is 0 Å². The second-order valence-corrected chi connectivity index (χ2v) is 27.0. The van der Waals surface area contributed by atoms with Gasteiger partial charge in [-0.1, -0.05) is 397 Å². The SMILES string of the molecule is CCCCCCCCCCCCCCCCCCCCC/C=C/C(O)C(CO)NC(=O)CCCCCCCCCCCCCCCCCCC/C=C\C/C=C\CCCCCCCCCCCCCOC(=O)CCCCCCCCCCCCCCC. The maximum Gasteiger partial charge on any atom is 0.305 e. The second-order valence-electron chi connectivity index (χ2n) is 27.0. The van der Waals surface area contributed by atoms with E-state index in [1.54, 1.807) is 6.08 Å². The molecule has 3 N–H and O–H groups in total. The Morgan fingerprint density at radius 2 is 0.581 bits per heavy atom. The van der Waals surface area contributed by atoms with Crippen molar-refractivity contribution >= 4 is 11.9 Å². The highest BCUT2D eigenvalue weighted by Gasteiger charge is 2.18. The lowest BCUT2D eigenvalue weighted by Gasteiger charge is -2.20. The Bertz CT molecular complexity index is 1390. The van der Waals surface area contributed by atoms with E-state index < -0.39 is 12.1 Å². The van der Waals surface area contributed by atoms with E-state index in [1.165, 1.54) is 366 Å². The predicted molar refractivity (Wildman–Crippen MR) is 379 cm³/mol. The van der Waals surface area contributed by atoms with Gasteiger partial charge in [0.1, 0.15) is 0 Å². The number of carbonyl (C=O) groups is 2. The molecule has 0 aromatic heterocycles. The quantitative estimate of drug-likeness (QED) is 0.0320. The van der Waals surface area contributed by atoms with Crippen LogP contribution in [-0.2, 0) is 14.3 Å². The standard InChI is InChI=1S/C80H153NO5/c1-3-5-7-9-11-13-15-17-18-19-20-36-39-42-45-49-52-56-60-64-68-72-78(83)77(76-82)81-79(84)73-69-65-61-57-53-50-46-43-40-37-34-32-30-28-26-24-22-21-23-25-27-29-31-33-35-38-41-44-47-51-55-59-63-67-71-75-86-80(85)74-70-66-62-58-54-48-16-14-12-10-8-6-4-2/h23,25,29,31,68,72,77-78,82-83H,3-22,24,26-28,30,32-67,69-71,73-76H2,1-2H3,(H,81,84)/b25-23-,31-29-,72-68+. The summed E-state index contributed by atoms with van der Waals surface area (Å²) in [4.78, 5) is 24.6. The van der Waals surface area contributed by atoms with E-state index in [4.69, 9.17) is 4.74 Å². The van der Waals surface area contributed by atoms with Crippen LogP contribution in [0, 0.1) is 0 Å². The molecule has 2 atom stereocenters. The number of amides is 1. The van der Waals surface area contributed by atoms with Gasteiger partial charge in [0, 0.05) is 12.8 Å². The molecular formula is C80H153NO5. The van der Waals surface area contributed by atoms with Crippen LogP contribution < -0.4 is 5.32 Å². The number of esters is 1. The summed E-state index contributed by atoms with van der Waals surface area (Å²) in [6.07, 6.45) is 98.4. The van der Waals surface area contributed by atoms with Crippen molar-refractivity contribution in [2.45, 2.75) is 450 Å². The molecule has 0 saturated carbocycles. The summed E-state index contributed by atoms with van der Waals surface area (Å²) in [6, 6.07) is -0.627. The van der Waals surface area contributed by atoms with Gasteiger partial charge in [-0.15, -0.1) is 0 Å². The van der Waals surface area contributed by atoms with Crippen LogP contribution in [0.4, 0.5) is 0 Å². The highest BCUT2D eigenvalue weighted by molar-refractivity contribution is 5.76. The largest absolute Gasteiger partial charge is 0.466 e. The highest BCUT2D eigenvalue weighted by Crippen LogP contribution is 2.19. The number of allylic oxidation sites excluding steroid dienone is 5. The van der Waals surface area contributed by atoms with Crippen molar-refractivity contribution in [1.29, 1.82) is 0 Å². The van der Waals surface area contributed by atoms with E-state index in [-0.39, 0.29) is 18.5 Å². The zero-order chi connectivity index (χ0) is 62.0. The average Bonchev–Trinajstić information content (AvgIpc) is 3.57. The fourth-order valence-electron chi connectivity index (χ4n) is 12.4. The molecule has 6 nitrogen and oxygen atoms in total. The lowest BCUT2D eigenvalue weighted by molar-refractivity contribution is -0.143. The zero-order valence-electron chi connectivity index (χ0n) is 58.3. The first-order valence-electron chi connectivity index (χ1n) is 39.3. The van der Waals surface area contributed by atoms with Gasteiger partial charge in [0.05, 0.1) is 25.4 Å². The van der Waals surface area contributed by atoms with Crippen molar-refractivity contribution in [1.82, 2.24) is 5.32 Å². The summed E-state index contributed by atoms with van der Waals surface area (Å²) in [5, 5.41) is 23.3. The van der Waals surface area contributed by atoms with Gasteiger partial charge in [-0.3, -0.25) is 9.59 Å². The third-order valence-corrected chi connectivity index (χ3v) is 18.4. The minimum absolute atomic E-state index is 0.0187. The van der Waals surface area contributed by atoms with Crippen LogP contribution in [0.3, 0.4) is 0 Å². The second kappa shape index (κ2) is 75.5. The number of carbonyl (C=O) groups excluding carboxylic acids is 2. The maximum atomic E-state index is 12.5. The smallest absolute Gasteiger partial charge is 0.305 e. The number of hydrogen-bond acceptors (Lipinski definition) is 5. The molecule has 0 aliphatic heterocycles. The van der Waals surface area contributed by atoms with Gasteiger partial charge in [-0.2, -0.15) is 0 Å². The number of hydrogen-bond donors (Lipinski definition) is 3. The van der Waals surface area contributed by atoms with Crippen LogP contribution in [0.15, 0.2) is 36.5 Å². The Kier molecular flexibility index (Phi) is 73.9. The summed E-state index contributed by atoms with van der Waals surface area (Å²) in [5.74, 6) is -0.0425. The third kappa shape index (κ3) is 71.2. The number of unbranched alkanes of at least 4 members (excludes halogenated alkanes) is 59. The molecule has 0 aromatic carbocycles. The van der Waals surface area contributed by atoms with E-state index in [0.717, 1.165) is 44.9 Å². The predicted octanol–water partition coefficient (Wildman–Crippen LogP) is 25.8. The van der Waals surface area contributed by atoms with Crippen molar-refractivity contribution in [3.05, 3.63) is 36.5 Å². The Morgan fingerprint density at radius 1 is 0.326 bits per heavy atom. The van der Waals surface area contributed by atoms with Gasteiger partial charge in [0.15, 0.2) is 0 Å². The summed E-state index contributed by atoms with van der Waals surface area (Å²) in [5.41, 5.74) is 0. The van der Waals surface area contributed by atoms with Gasteiger partial charge in [0.2, 0.25) is 5.91 Å². The summed E-state index contributed by atoms with van der Waals surface area (Å²) < 4.78 is 5.49. The van der Waals surface area contributed by atoms with Gasteiger partial charge < -0.3 is 20.3 Å². The Morgan fingerprint density at radius 3 is 0.884 bits per heavy atom. The van der Waals surface area contributed by atoms with E-state index in [9.17, 15) is 19.8 Å². The molecule has 508 valence electrons. The Labute approximate surface area is 538 Å². The van der Waals surface area contributed by atoms with E-state index in [1.807, 2.05) is 6.08 Å². The van der Waals surface area contributed by atoms with Crippen LogP contribution >= 0.6 is 0 Å². The van der Waals surface area contributed by atoms with Crippen LogP contribution in [-0.4, -0.2) is 47.4 Å². The molecule has 0 saturated heterocycles. The molecule has 2 unspecified atom stereocenters. The molecule has 0 aromatic rings. The van der Waals surface area contributed by atoms with Crippen molar-refractivity contribution < 1.29 is 24.5 Å². The Balaban J connectivity index is 3.39. The molecule has 0 bridgehead atoms. The van der Waals surface area contributed by atoms with Crippen LogP contribution in [0.5, 0.6) is 0 Å². The van der Waals surface area contributed by atoms with Crippen LogP contribution in [0.2, 0.25) is 0 Å². The first-order valence-corrected chi connectivity index (χ1v) is 39.3. The third-order valence-electron chi connectivity index (χ3n) is 18.4. The van der Waals surface area contributed by atoms with Crippen molar-refractivity contribution in [3.8, 4) is 0 Å². The fraction of sp³-hybridized carbons (Fsp3) is 0.900. The normalized spacial score (nSPS) is 12.7. The van der Waals surface area contributed by atoms with Gasteiger partial charge in [-0.05, 0) is 64.2 Å². The first-order chi connectivity index (χ1) is 42.5. The Hall–Kier alpha value is -1.92. The molecule has 0 radical (unpaired) electrons. The number of rotatable bonds is 74. The number of ether oxygens (including phenoxy) is 1. The first kappa shape index (κ1) is 84.1. The molecule has 0 aliphatic carbocycles. The topological polar surface area (TPSA) is 95.9 Å². The fourth-order valence-corrected chi connectivity index (χ4v) is 12.4. The van der Waals surface area contributed by atoms with Crippen molar-refractivity contribution in [2.75, 3.05) is 13.2 Å². The molecule has 0 aliphatic rings. The van der Waals surface area contributed by atoms with Gasteiger partial charge in [-0.25, -0.2) is 0 Å². The summed E-state index contributed by atoms with van der Waals surface area (Å²) in [6.45, 7) is 4.95. The molecule has 0 fully saturated rings. The minimum Gasteiger partial charge on any atom is -0.466 e. The summed E-state index contributed by atoms with van der Waals surface area (Å²) >= 11 is 0. The van der Waals surface area contributed by atoms with Gasteiger partial charge in [0.25, 0.3) is 0 Å². The molecule has 6 heteroatoms. The molecule has 0 spiro atoms. The molecular weight excluding hydrogens is 1050 g/mol. The number of aliphatic hydroxyl groups is 2. The highest BCUT2D eigenvalue weighted by atomic mass is 16.5. The van der Waals surface area contributed by atoms with E-state index in [0.29, 0.717) is 19.4 Å². The van der Waals surface area contributed by atoms with Crippen molar-refractivity contribution in [2.24, 2.45) is 0 Å². The molecule has 86 heavy (non-hydrogen) atoms. The van der Waals surface area contributed by atoms with Crippen LogP contribution in [0.1, 0.15) is 438 Å². The minimum atomic E-state index is -0.844. The van der Waals surface area contributed by atoms with Gasteiger partial charge >= 0.3 is 5.97 Å². The summed E-state index contributed by atoms with van der Waals surface area (Å²) in [7, 11) is 0. The van der Waals surface area contributed by atoms with E-state index >= 15 is 0 Å². The average molecular weight is 1210 g/mol. The lowest BCUT2D eigenvalue weighted by Crippen LogP contribution is -2.45. The lowest BCUT2D eigenvalue weighted by atomic mass is 10.0. The number of aliphatic hydroxyl groups excluding tert-OH is 2. The zero-order valence-corrected chi connectivity index (χ0v) is 58.3.